The maximum atomic E-state index is 6.32. The van der Waals surface area contributed by atoms with Crippen LogP contribution in [-0.2, 0) is 32.5 Å². The van der Waals surface area contributed by atoms with Crippen molar-refractivity contribution in [3.05, 3.63) is 118 Å². The summed E-state index contributed by atoms with van der Waals surface area (Å²) in [5.41, 5.74) is 22.7. The Balaban J connectivity index is 1.11. The van der Waals surface area contributed by atoms with Crippen LogP contribution < -0.4 is 26.2 Å². The lowest BCUT2D eigenvalue weighted by Gasteiger charge is -2.57. The molecule has 0 radical (unpaired) electrons. The third-order valence-electron chi connectivity index (χ3n) is 20.6. The van der Waals surface area contributed by atoms with Crippen molar-refractivity contribution >= 4 is 57.4 Å². The molecule has 3 heterocycles. The highest BCUT2D eigenvalue weighted by Gasteiger charge is 2.56. The van der Waals surface area contributed by atoms with Crippen molar-refractivity contribution in [2.75, 3.05) is 9.80 Å². The summed E-state index contributed by atoms with van der Waals surface area (Å²) in [5.74, 6) is 3.74. The highest BCUT2D eigenvalue weighted by molar-refractivity contribution is 7.00. The number of aryl methyl sites for hydroxylation is 1. The molecule has 1 aromatic heterocycles. The highest BCUT2D eigenvalue weighted by atomic mass is 15.2. The third kappa shape index (κ3) is 5.10. The predicted octanol–water partition coefficient (Wildman–Crippen LogP) is 13.4. The van der Waals surface area contributed by atoms with Crippen molar-refractivity contribution in [1.29, 1.82) is 0 Å². The minimum Gasteiger partial charge on any atom is -0.311 e. The fourth-order valence-corrected chi connectivity index (χ4v) is 16.8. The fourth-order valence-electron chi connectivity index (χ4n) is 16.8. The molecule has 4 heteroatoms. The van der Waals surface area contributed by atoms with E-state index in [-0.39, 0.29) is 39.2 Å². The van der Waals surface area contributed by atoms with Gasteiger partial charge in [0.05, 0.1) is 5.69 Å². The van der Waals surface area contributed by atoms with Crippen molar-refractivity contribution in [3.8, 4) is 0 Å². The second-order valence-electron chi connectivity index (χ2n) is 25.9. The summed E-state index contributed by atoms with van der Waals surface area (Å²) in [7, 11) is 0. The molecular formula is C60H68BN3. The van der Waals surface area contributed by atoms with Crippen LogP contribution in [0.2, 0.25) is 0 Å². The molecule has 8 bridgehead atoms. The molecule has 64 heavy (non-hydrogen) atoms. The standard InChI is InChI=1S/C60H68BN3/c1-36-9-12-41(13-10-36)63-49-16-11-40(55(2,3)4)28-47(49)61-48-30-45-46(59(8)23-21-58(45,7)22-24-59)31-50(48)64(42-14-15-43-44(29-42)57(6)19-17-56(43,5)18-20-57)54-53(61)51(63)32-52(62-54)60-33-37-25-38(34-60)27-39(26-37)35-60/h9-16,28-32,37-39H,17-27,33-35H2,1-8H3. The van der Waals surface area contributed by atoms with Crippen LogP contribution in [-0.4, -0.2) is 11.7 Å². The Labute approximate surface area is 383 Å². The van der Waals surface area contributed by atoms with Gasteiger partial charge in [-0.2, -0.15) is 0 Å². The molecule has 4 aromatic carbocycles. The van der Waals surface area contributed by atoms with Crippen molar-refractivity contribution < 1.29 is 0 Å². The highest BCUT2D eigenvalue weighted by Crippen LogP contribution is 2.63. The molecular weight excluding hydrogens is 773 g/mol. The van der Waals surface area contributed by atoms with E-state index >= 15 is 0 Å². The average Bonchev–Trinajstić information content (AvgIpc) is 3.27. The zero-order valence-corrected chi connectivity index (χ0v) is 40.1. The first-order valence-electron chi connectivity index (χ1n) is 25.7. The molecule has 6 fully saturated rings. The quantitative estimate of drug-likeness (QED) is 0.165. The molecule has 0 amide bonds. The van der Waals surface area contributed by atoms with E-state index in [9.17, 15) is 0 Å². The lowest BCUT2D eigenvalue weighted by Crippen LogP contribution is -2.63. The van der Waals surface area contributed by atoms with Crippen LogP contribution in [0.1, 0.15) is 177 Å². The van der Waals surface area contributed by atoms with Gasteiger partial charge in [0.1, 0.15) is 5.82 Å². The normalized spacial score (nSPS) is 34.4. The average molecular weight is 842 g/mol. The number of anilines is 6. The van der Waals surface area contributed by atoms with Crippen LogP contribution in [0, 0.1) is 24.7 Å². The Morgan fingerprint density at radius 3 is 1.66 bits per heavy atom. The zero-order chi connectivity index (χ0) is 43.5. The molecule has 3 nitrogen and oxygen atoms in total. The largest absolute Gasteiger partial charge is 0.311 e. The van der Waals surface area contributed by atoms with E-state index in [4.69, 9.17) is 4.98 Å². The van der Waals surface area contributed by atoms with E-state index in [1.807, 2.05) is 0 Å². The van der Waals surface area contributed by atoms with E-state index in [1.165, 1.54) is 157 Å². The van der Waals surface area contributed by atoms with Crippen molar-refractivity contribution in [3.63, 3.8) is 0 Å². The summed E-state index contributed by atoms with van der Waals surface area (Å²) in [6.07, 6.45) is 18.6. The molecule has 0 saturated heterocycles. The van der Waals surface area contributed by atoms with Crippen LogP contribution in [0.5, 0.6) is 0 Å². The Bertz CT molecular complexity index is 2810. The Kier molecular flexibility index (Phi) is 7.52. The van der Waals surface area contributed by atoms with Crippen LogP contribution in [0.4, 0.5) is 34.3 Å². The Morgan fingerprint density at radius 2 is 1.06 bits per heavy atom. The number of nitrogens with zero attached hydrogens (tertiary/aromatic N) is 3. The van der Waals surface area contributed by atoms with Gasteiger partial charge in [-0.25, -0.2) is 4.98 Å². The molecule has 326 valence electrons. The molecule has 0 atom stereocenters. The molecule has 10 aliphatic carbocycles. The van der Waals surface area contributed by atoms with Gasteiger partial charge in [-0.15, -0.1) is 0 Å². The van der Waals surface area contributed by atoms with E-state index in [0.717, 1.165) is 17.8 Å². The minimum absolute atomic E-state index is 0.0172. The molecule has 0 N–H and O–H groups in total. The van der Waals surface area contributed by atoms with Gasteiger partial charge in [0.15, 0.2) is 0 Å². The van der Waals surface area contributed by atoms with E-state index in [0.29, 0.717) is 0 Å². The number of fused-ring (bicyclic) bond motifs is 8. The molecule has 0 spiro atoms. The van der Waals surface area contributed by atoms with Crippen molar-refractivity contribution in [2.45, 2.75) is 178 Å². The summed E-state index contributed by atoms with van der Waals surface area (Å²) in [5, 5.41) is 0. The number of hydrogen-bond donors (Lipinski definition) is 0. The van der Waals surface area contributed by atoms with Crippen molar-refractivity contribution in [2.24, 2.45) is 17.8 Å². The number of benzene rings is 4. The van der Waals surface area contributed by atoms with Gasteiger partial charge < -0.3 is 4.90 Å². The first-order valence-corrected chi connectivity index (χ1v) is 25.7. The SMILES string of the molecule is Cc1ccc(N2c3ccc(C(C)(C)C)cc3B3c4cc5c(cc4N(c4ccc6c(c4)C4(C)CCC6(C)CC4)c4nc(C67CC8CC(CC(C8)C6)C7)cc2c43)C2(C)CCC5(C)CC2)cc1. The van der Waals surface area contributed by atoms with Crippen molar-refractivity contribution in [1.82, 2.24) is 4.98 Å². The van der Waals surface area contributed by atoms with Gasteiger partial charge in [-0.1, -0.05) is 90.4 Å². The van der Waals surface area contributed by atoms with Gasteiger partial charge in [0.25, 0.3) is 6.71 Å². The first-order chi connectivity index (χ1) is 30.5. The third-order valence-corrected chi connectivity index (χ3v) is 20.6. The van der Waals surface area contributed by atoms with Crippen LogP contribution in [0.15, 0.2) is 78.9 Å². The summed E-state index contributed by atoms with van der Waals surface area (Å²) in [6, 6.07) is 33.0. The van der Waals surface area contributed by atoms with Crippen LogP contribution in [0.25, 0.3) is 0 Å². The molecule has 17 rings (SSSR count). The van der Waals surface area contributed by atoms with E-state index < -0.39 is 0 Å². The fraction of sp³-hybridized carbons (Fsp3) is 0.517. The number of pyridine rings is 1. The van der Waals surface area contributed by atoms with Gasteiger partial charge in [-0.05, 0) is 228 Å². The Hall–Kier alpha value is -4.31. The topological polar surface area (TPSA) is 19.4 Å². The lowest BCUT2D eigenvalue weighted by molar-refractivity contribution is -0.00711. The number of rotatable bonds is 3. The molecule has 5 aromatic rings. The van der Waals surface area contributed by atoms with E-state index in [1.54, 1.807) is 22.3 Å². The Morgan fingerprint density at radius 1 is 0.531 bits per heavy atom. The summed E-state index contributed by atoms with van der Waals surface area (Å²) < 4.78 is 0. The lowest BCUT2D eigenvalue weighted by atomic mass is 9.33. The number of aromatic nitrogens is 1. The second-order valence-corrected chi connectivity index (χ2v) is 25.9. The molecule has 12 aliphatic rings. The first kappa shape index (κ1) is 38.9. The van der Waals surface area contributed by atoms with Gasteiger partial charge in [0.2, 0.25) is 0 Å². The maximum absolute atomic E-state index is 6.32. The smallest absolute Gasteiger partial charge is 0.254 e. The minimum atomic E-state index is 0.0172. The van der Waals surface area contributed by atoms with Crippen LogP contribution in [0.3, 0.4) is 0 Å². The molecule has 6 saturated carbocycles. The summed E-state index contributed by atoms with van der Waals surface area (Å²) in [6.45, 7) is 19.8. The molecule has 0 unspecified atom stereocenters. The monoisotopic (exact) mass is 842 g/mol. The molecule has 2 aliphatic heterocycles. The van der Waals surface area contributed by atoms with Gasteiger partial charge in [-0.3, -0.25) is 4.90 Å². The van der Waals surface area contributed by atoms with Gasteiger partial charge in [0, 0.05) is 33.9 Å². The number of hydrogen-bond acceptors (Lipinski definition) is 3. The van der Waals surface area contributed by atoms with E-state index in [2.05, 4.69) is 144 Å². The van der Waals surface area contributed by atoms with Crippen LogP contribution >= 0.6 is 0 Å². The summed E-state index contributed by atoms with van der Waals surface area (Å²) >= 11 is 0. The predicted molar refractivity (Wildman–Crippen MR) is 268 cm³/mol. The zero-order valence-electron chi connectivity index (χ0n) is 40.1. The van der Waals surface area contributed by atoms with Gasteiger partial charge >= 0.3 is 0 Å². The maximum Gasteiger partial charge on any atom is 0.254 e. The second kappa shape index (κ2) is 12.4. The summed E-state index contributed by atoms with van der Waals surface area (Å²) in [4.78, 5) is 11.8.